The Bertz CT molecular complexity index is 1370. The van der Waals surface area contributed by atoms with Crippen molar-refractivity contribution in [3.63, 3.8) is 0 Å². The molecule has 7 heteroatoms. The molecule has 0 fully saturated rings. The Morgan fingerprint density at radius 3 is 2.65 bits per heavy atom. The summed E-state index contributed by atoms with van der Waals surface area (Å²) in [7, 11) is 0. The van der Waals surface area contributed by atoms with Crippen LogP contribution in [-0.4, -0.2) is 23.3 Å². The summed E-state index contributed by atoms with van der Waals surface area (Å²) in [6.45, 7) is 5.11. The Kier molecular flexibility index (Phi) is 7.12. The lowest BCUT2D eigenvalue weighted by Crippen LogP contribution is -2.40. The highest BCUT2D eigenvalue weighted by Crippen LogP contribution is 2.37. The maximum atomic E-state index is 12.8. The summed E-state index contributed by atoms with van der Waals surface area (Å²) >= 11 is 0. The second kappa shape index (κ2) is 10.8. The van der Waals surface area contributed by atoms with Crippen LogP contribution in [0, 0.1) is 6.92 Å². The highest BCUT2D eigenvalue weighted by molar-refractivity contribution is 5.91. The first-order valence-electron chi connectivity index (χ1n) is 12.5. The average Bonchev–Trinajstić information content (AvgIpc) is 3.62. The lowest BCUT2D eigenvalue weighted by Gasteiger charge is -2.38. The number of hydrogen-bond donors (Lipinski definition) is 1. The topological polar surface area (TPSA) is 84.9 Å². The van der Waals surface area contributed by atoms with Crippen molar-refractivity contribution >= 4 is 11.8 Å². The zero-order chi connectivity index (χ0) is 25.8. The Labute approximate surface area is 216 Å². The van der Waals surface area contributed by atoms with Gasteiger partial charge in [-0.1, -0.05) is 42.8 Å². The molecule has 0 unspecified atom stereocenters. The largest absolute Gasteiger partial charge is 0.486 e. The van der Waals surface area contributed by atoms with E-state index in [0.717, 1.165) is 17.5 Å². The van der Waals surface area contributed by atoms with Crippen LogP contribution in [-0.2, 0) is 24.4 Å². The van der Waals surface area contributed by atoms with Gasteiger partial charge in [-0.15, -0.1) is 0 Å². The molecule has 7 nitrogen and oxygen atoms in total. The number of carbonyl (C=O) groups excluding carboxylic acids is 2. The lowest BCUT2D eigenvalue weighted by molar-refractivity contribution is -0.132. The molecule has 1 aliphatic rings. The van der Waals surface area contributed by atoms with Crippen LogP contribution in [0.25, 0.3) is 0 Å². The van der Waals surface area contributed by atoms with Gasteiger partial charge in [0.2, 0.25) is 5.91 Å². The fourth-order valence-electron chi connectivity index (χ4n) is 4.66. The number of benzene rings is 2. The van der Waals surface area contributed by atoms with Gasteiger partial charge in [-0.3, -0.25) is 9.59 Å². The fourth-order valence-corrected chi connectivity index (χ4v) is 4.66. The first-order chi connectivity index (χ1) is 18.0. The number of aryl methyl sites for hydroxylation is 1. The molecule has 0 radical (unpaired) electrons. The Morgan fingerprint density at radius 2 is 1.89 bits per heavy atom. The second-order valence-corrected chi connectivity index (χ2v) is 9.18. The molecule has 0 saturated heterocycles. The molecule has 0 aliphatic carbocycles. The van der Waals surface area contributed by atoms with Gasteiger partial charge in [0.25, 0.3) is 5.91 Å². The third-order valence-corrected chi connectivity index (χ3v) is 6.63. The zero-order valence-corrected chi connectivity index (χ0v) is 21.0. The van der Waals surface area contributed by atoms with Gasteiger partial charge in [0.1, 0.15) is 23.9 Å². The first kappa shape index (κ1) is 24.4. The number of amides is 2. The van der Waals surface area contributed by atoms with Crippen LogP contribution >= 0.6 is 0 Å². The van der Waals surface area contributed by atoms with E-state index in [0.29, 0.717) is 30.2 Å². The summed E-state index contributed by atoms with van der Waals surface area (Å²) in [5.41, 5.74) is 4.55. The highest BCUT2D eigenvalue weighted by atomic mass is 16.5. The van der Waals surface area contributed by atoms with E-state index in [-0.39, 0.29) is 36.8 Å². The molecule has 1 aliphatic heterocycles. The maximum absolute atomic E-state index is 12.8. The highest BCUT2D eigenvalue weighted by Gasteiger charge is 2.31. The molecule has 190 valence electrons. The van der Waals surface area contributed by atoms with Crippen molar-refractivity contribution in [1.82, 2.24) is 10.2 Å². The van der Waals surface area contributed by atoms with E-state index in [1.54, 1.807) is 30.5 Å². The predicted molar refractivity (Wildman–Crippen MR) is 138 cm³/mol. The van der Waals surface area contributed by atoms with Crippen molar-refractivity contribution in [2.45, 2.75) is 45.9 Å². The summed E-state index contributed by atoms with van der Waals surface area (Å²) < 4.78 is 17.0. The van der Waals surface area contributed by atoms with Gasteiger partial charge in [0, 0.05) is 13.0 Å². The standard InChI is InChI=1S/C30H30N2O5/c1-3-28(33)32-15-14-21-10-11-23(17-26(21)29(32)22-8-6-20(2)7-9-22)36-19-25-12-13-27(37-25)30(34)31-18-24-5-4-16-35-24/h4-13,16-17,29H,3,14-15,18-19H2,1-2H3,(H,31,34)/t29-/m0/s1. The fraction of sp³-hybridized carbons (Fsp3) is 0.267. The van der Waals surface area contributed by atoms with E-state index in [2.05, 4.69) is 42.6 Å². The van der Waals surface area contributed by atoms with Crippen LogP contribution < -0.4 is 10.1 Å². The number of hydrogen-bond acceptors (Lipinski definition) is 5. The third-order valence-electron chi connectivity index (χ3n) is 6.63. The van der Waals surface area contributed by atoms with Crippen molar-refractivity contribution in [2.24, 2.45) is 0 Å². The van der Waals surface area contributed by atoms with E-state index in [4.69, 9.17) is 13.6 Å². The molecule has 2 aromatic carbocycles. The molecule has 0 bridgehead atoms. The minimum Gasteiger partial charge on any atom is -0.486 e. The average molecular weight is 499 g/mol. The van der Waals surface area contributed by atoms with Crippen molar-refractivity contribution in [3.8, 4) is 5.75 Å². The summed E-state index contributed by atoms with van der Waals surface area (Å²) in [5, 5.41) is 2.77. The predicted octanol–water partition coefficient (Wildman–Crippen LogP) is 5.57. The van der Waals surface area contributed by atoms with E-state index >= 15 is 0 Å². The number of fused-ring (bicyclic) bond motifs is 1. The number of furan rings is 2. The van der Waals surface area contributed by atoms with Crippen LogP contribution in [0.15, 0.2) is 81.8 Å². The number of carbonyl (C=O) groups is 2. The van der Waals surface area contributed by atoms with Gasteiger partial charge >= 0.3 is 0 Å². The molecule has 1 N–H and O–H groups in total. The zero-order valence-electron chi connectivity index (χ0n) is 21.0. The van der Waals surface area contributed by atoms with Crippen molar-refractivity contribution in [2.75, 3.05) is 6.54 Å². The Morgan fingerprint density at radius 1 is 1.05 bits per heavy atom. The summed E-state index contributed by atoms with van der Waals surface area (Å²) in [4.78, 5) is 27.2. The van der Waals surface area contributed by atoms with Gasteiger partial charge < -0.3 is 23.8 Å². The number of nitrogens with one attached hydrogen (secondary N) is 1. The van der Waals surface area contributed by atoms with Crippen LogP contribution in [0.1, 0.15) is 63.7 Å². The van der Waals surface area contributed by atoms with Gasteiger partial charge in [-0.25, -0.2) is 0 Å². The minimum atomic E-state index is -0.321. The monoisotopic (exact) mass is 498 g/mol. The lowest BCUT2D eigenvalue weighted by atomic mass is 9.87. The first-order valence-corrected chi connectivity index (χ1v) is 12.5. The molecule has 0 spiro atoms. The normalized spacial score (nSPS) is 14.8. The third kappa shape index (κ3) is 5.45. The minimum absolute atomic E-state index is 0.135. The number of nitrogens with zero attached hydrogens (tertiary/aromatic N) is 1. The molecule has 2 amide bonds. The number of ether oxygens (including phenoxy) is 1. The van der Waals surface area contributed by atoms with E-state index in [9.17, 15) is 9.59 Å². The van der Waals surface area contributed by atoms with Gasteiger partial charge in [0.05, 0.1) is 18.8 Å². The summed E-state index contributed by atoms with van der Waals surface area (Å²) in [5.74, 6) is 1.91. The van der Waals surface area contributed by atoms with Crippen LogP contribution in [0.2, 0.25) is 0 Å². The molecule has 3 heterocycles. The molecule has 0 saturated carbocycles. The summed E-state index contributed by atoms with van der Waals surface area (Å²) in [6.07, 6.45) is 2.83. The smallest absolute Gasteiger partial charge is 0.287 e. The maximum Gasteiger partial charge on any atom is 0.287 e. The van der Waals surface area contributed by atoms with Crippen LogP contribution in [0.3, 0.4) is 0 Å². The van der Waals surface area contributed by atoms with Crippen molar-refractivity contribution in [1.29, 1.82) is 0 Å². The molecular formula is C30H30N2O5. The Hall–Kier alpha value is -4.26. The van der Waals surface area contributed by atoms with Gasteiger partial charge in [-0.05, 0) is 66.4 Å². The molecule has 1 atom stereocenters. The molecule has 4 aromatic rings. The van der Waals surface area contributed by atoms with Crippen molar-refractivity contribution in [3.05, 3.63) is 113 Å². The molecule has 2 aromatic heterocycles. The summed E-state index contributed by atoms with van der Waals surface area (Å²) in [6, 6.07) is 21.2. The van der Waals surface area contributed by atoms with Crippen LogP contribution in [0.4, 0.5) is 0 Å². The van der Waals surface area contributed by atoms with E-state index in [1.807, 2.05) is 24.0 Å². The van der Waals surface area contributed by atoms with Gasteiger partial charge in [-0.2, -0.15) is 0 Å². The van der Waals surface area contributed by atoms with Crippen LogP contribution in [0.5, 0.6) is 5.75 Å². The quantitative estimate of drug-likeness (QED) is 0.343. The van der Waals surface area contributed by atoms with Crippen molar-refractivity contribution < 1.29 is 23.2 Å². The number of rotatable bonds is 8. The SMILES string of the molecule is CCC(=O)N1CCc2ccc(OCc3ccc(C(=O)NCc4ccco4)o3)cc2[C@@H]1c1ccc(C)cc1. The second-order valence-electron chi connectivity index (χ2n) is 9.18. The molecule has 5 rings (SSSR count). The van der Waals surface area contributed by atoms with E-state index < -0.39 is 0 Å². The molecule has 37 heavy (non-hydrogen) atoms. The Balaban J connectivity index is 1.31. The van der Waals surface area contributed by atoms with E-state index in [1.165, 1.54) is 11.1 Å². The van der Waals surface area contributed by atoms with Gasteiger partial charge in [0.15, 0.2) is 5.76 Å². The molecular weight excluding hydrogens is 468 g/mol.